The highest BCUT2D eigenvalue weighted by atomic mass is 14.7. The maximum Gasteiger partial charge on any atom is -0.0235 e. The molecule has 0 aliphatic heterocycles. The Kier molecular flexibility index (Phi) is 35.1. The third kappa shape index (κ3) is 25.9. The smallest absolute Gasteiger partial charge is 0.0235 e. The molecule has 22 aliphatic carbocycles. The SMILES string of the molecule is CC(C)C12CC3(C)CC1CC(C)(C3)C2.CC(C)C12CC3CC(C)(CC(C)(C3)C1)C2.CC(C)C1CCCCCCC1.CC(C)CC[C@@H]1CC[C@H]2C[C@@H]1C2(C)C.CC1CC2(C)CC(C(C)C)CC(C)(C1)C2.CC1CC2(C)CC(C(C)C)CC(C)(C1)C2.CC1CC2(C)CC(C)CC(C(C)C)(C1)C2.CC1CC2(C)CC(C)CC(C)(C1)C2C(C)C.CC1CC2(C)CC(C)CC(C)(C1)C2C(C)C. The summed E-state index contributed by atoms with van der Waals surface area (Å²) in [5, 5.41) is 0. The molecule has 0 heteroatoms. The molecule has 20 bridgehead atoms. The van der Waals surface area contributed by atoms with Crippen LogP contribution >= 0.6 is 0 Å². The summed E-state index contributed by atoms with van der Waals surface area (Å²) in [6.45, 7) is 102. The Morgan fingerprint density at radius 2 is 0.534 bits per heavy atom. The summed E-state index contributed by atoms with van der Waals surface area (Å²) in [6, 6.07) is 0. The van der Waals surface area contributed by atoms with Gasteiger partial charge in [-0.3, -0.25) is 0 Å². The van der Waals surface area contributed by atoms with Gasteiger partial charge in [-0.15, -0.1) is 0 Å². The lowest BCUT2D eigenvalue weighted by molar-refractivity contribution is -0.162. The Morgan fingerprint density at radius 3 is 0.817 bits per heavy atom. The topological polar surface area (TPSA) is 0 Å². The van der Waals surface area contributed by atoms with Crippen molar-refractivity contribution in [2.75, 3.05) is 0 Å². The van der Waals surface area contributed by atoms with Crippen molar-refractivity contribution < 1.29 is 0 Å². The molecule has 22 aliphatic rings. The van der Waals surface area contributed by atoms with Gasteiger partial charge in [0.05, 0.1) is 0 Å². The molecule has 0 saturated heterocycles. The van der Waals surface area contributed by atoms with E-state index in [0.29, 0.717) is 70.4 Å². The largest absolute Gasteiger partial charge is 0.0628 e. The van der Waals surface area contributed by atoms with Gasteiger partial charge in [0.25, 0.3) is 0 Å². The number of fused-ring (bicyclic) bond motifs is 12. The number of hydrogen-bond acceptors (Lipinski definition) is 0. The molecule has 0 aromatic heterocycles. The number of rotatable bonds is 11. The summed E-state index contributed by atoms with van der Waals surface area (Å²) in [5.74, 6) is 25.9. The minimum absolute atomic E-state index is 0.623. The molecule has 0 spiro atoms. The van der Waals surface area contributed by atoms with Gasteiger partial charge >= 0.3 is 0 Å². The van der Waals surface area contributed by atoms with Crippen molar-refractivity contribution in [2.45, 2.75) is 579 Å². The highest BCUT2D eigenvalue weighted by Gasteiger charge is 2.68. The van der Waals surface area contributed by atoms with E-state index >= 15 is 0 Å². The van der Waals surface area contributed by atoms with E-state index in [0.717, 1.165) is 181 Å². The first-order valence-electron chi connectivity index (χ1n) is 60.1. The minimum Gasteiger partial charge on any atom is -0.0628 e. The highest BCUT2D eigenvalue weighted by Crippen LogP contribution is 2.78. The van der Waals surface area contributed by atoms with Gasteiger partial charge in [0.15, 0.2) is 0 Å². The zero-order chi connectivity index (χ0) is 97.6. The van der Waals surface area contributed by atoms with Crippen LogP contribution in [-0.2, 0) is 0 Å². The van der Waals surface area contributed by atoms with Crippen LogP contribution in [0.15, 0.2) is 0 Å². The van der Waals surface area contributed by atoms with E-state index in [1.165, 1.54) is 270 Å². The zero-order valence-electron chi connectivity index (χ0n) is 97.6. The molecule has 0 amide bonds. The van der Waals surface area contributed by atoms with Crippen LogP contribution < -0.4 is 0 Å². The average Bonchev–Trinajstić information content (AvgIpc) is 1.52. The monoisotopic (exact) mass is 1820 g/mol. The fourth-order valence-electron chi connectivity index (χ4n) is 46.3. The predicted molar refractivity (Wildman–Crippen MR) is 581 cm³/mol. The van der Waals surface area contributed by atoms with Crippen LogP contribution in [0.25, 0.3) is 0 Å². The Morgan fingerprint density at radius 1 is 0.237 bits per heavy atom. The van der Waals surface area contributed by atoms with Crippen LogP contribution in [0.2, 0.25) is 0 Å². The summed E-state index contributed by atoms with van der Waals surface area (Å²) in [6.07, 6.45) is 68.9. The van der Waals surface area contributed by atoms with Crippen LogP contribution in [0.3, 0.4) is 0 Å². The Labute approximate surface area is 825 Å². The van der Waals surface area contributed by atoms with E-state index in [1.54, 1.807) is 25.7 Å². The lowest BCUT2D eigenvalue weighted by atomic mass is 9.38. The molecule has 0 nitrogen and oxygen atoms in total. The molecule has 10 unspecified atom stereocenters. The first kappa shape index (κ1) is 111. The molecule has 22 fully saturated rings. The van der Waals surface area contributed by atoms with Gasteiger partial charge < -0.3 is 0 Å². The maximum atomic E-state index is 2.58. The third-order valence-corrected chi connectivity index (χ3v) is 45.9. The van der Waals surface area contributed by atoms with E-state index in [9.17, 15) is 0 Å². The van der Waals surface area contributed by atoms with Gasteiger partial charge in [-0.2, -0.15) is 0 Å². The van der Waals surface area contributed by atoms with Crippen LogP contribution in [0.5, 0.6) is 0 Å². The molecule has 22 saturated carbocycles. The second kappa shape index (κ2) is 41.3. The Bertz CT molecular complexity index is 3220. The van der Waals surface area contributed by atoms with Gasteiger partial charge in [-0.25, -0.2) is 0 Å². The molecule has 13 atom stereocenters. The molecule has 0 aromatic rings. The second-order valence-electron chi connectivity index (χ2n) is 65.9. The van der Waals surface area contributed by atoms with Crippen molar-refractivity contribution >= 4 is 0 Å². The summed E-state index contributed by atoms with van der Waals surface area (Å²) in [5.41, 5.74) is 11.5. The first-order chi connectivity index (χ1) is 60.1. The van der Waals surface area contributed by atoms with Crippen LogP contribution in [0.1, 0.15) is 579 Å². The van der Waals surface area contributed by atoms with E-state index in [-0.39, 0.29) is 0 Å². The van der Waals surface area contributed by atoms with Crippen molar-refractivity contribution in [1.29, 1.82) is 0 Å². The van der Waals surface area contributed by atoms with Gasteiger partial charge in [-0.1, -0.05) is 335 Å². The quantitative estimate of drug-likeness (QED) is 0.193. The van der Waals surface area contributed by atoms with Crippen molar-refractivity contribution in [3.8, 4) is 0 Å². The average molecular weight is 1820 g/mol. The summed E-state index contributed by atoms with van der Waals surface area (Å²) < 4.78 is 0. The second-order valence-corrected chi connectivity index (χ2v) is 65.9. The third-order valence-electron chi connectivity index (χ3n) is 45.9. The molecule has 0 aromatic carbocycles. The van der Waals surface area contributed by atoms with E-state index in [4.69, 9.17) is 0 Å². The van der Waals surface area contributed by atoms with Gasteiger partial charge in [0, 0.05) is 0 Å². The van der Waals surface area contributed by atoms with E-state index in [2.05, 4.69) is 284 Å². The van der Waals surface area contributed by atoms with E-state index in [1.807, 2.05) is 0 Å². The van der Waals surface area contributed by atoms with Crippen molar-refractivity contribution in [3.05, 3.63) is 0 Å². The van der Waals surface area contributed by atoms with Crippen LogP contribution in [0.4, 0.5) is 0 Å². The van der Waals surface area contributed by atoms with Crippen molar-refractivity contribution in [3.63, 3.8) is 0 Å². The van der Waals surface area contributed by atoms with Gasteiger partial charge in [0.2, 0.25) is 0 Å². The maximum absolute atomic E-state index is 2.58. The van der Waals surface area contributed by atoms with E-state index < -0.39 is 0 Å². The van der Waals surface area contributed by atoms with Crippen LogP contribution in [0, 0.1) is 252 Å². The van der Waals surface area contributed by atoms with Gasteiger partial charge in [0.1, 0.15) is 0 Å². The Hall–Kier alpha value is 0. The molecule has 22 rings (SSSR count). The fraction of sp³-hybridized carbons (Fsp3) is 1.00. The molecule has 0 radical (unpaired) electrons. The minimum atomic E-state index is 0.623. The van der Waals surface area contributed by atoms with Crippen LogP contribution in [-0.4, -0.2) is 0 Å². The first-order valence-corrected chi connectivity index (χ1v) is 60.1. The lowest BCUT2D eigenvalue weighted by Gasteiger charge is -2.67. The normalized spacial score (nSPS) is 49.6. The summed E-state index contributed by atoms with van der Waals surface area (Å²) in [7, 11) is 0. The number of hydrogen-bond donors (Lipinski definition) is 0. The van der Waals surface area contributed by atoms with Crippen molar-refractivity contribution in [2.24, 2.45) is 252 Å². The highest BCUT2D eigenvalue weighted by molar-refractivity contribution is 5.18. The Balaban J connectivity index is 0.000000142. The molecule has 766 valence electrons. The van der Waals surface area contributed by atoms with Gasteiger partial charge in [-0.05, 0) is 496 Å². The molecule has 0 N–H and O–H groups in total. The fourth-order valence-corrected chi connectivity index (χ4v) is 46.3. The molecular formula is C131H242. The molecule has 131 heavy (non-hydrogen) atoms. The molecular weight excluding hydrogens is 1570 g/mol. The predicted octanol–water partition coefficient (Wildman–Crippen LogP) is 42.3. The summed E-state index contributed by atoms with van der Waals surface area (Å²) >= 11 is 0. The standard InChI is InChI=1S/2C16H30.C15H26.3C15H28.C14H24.C14H26.C11H22/c2*1-11(2)14-15(5)7-12(3)8-16(14,6)10-13(4)9-15;1-11(2)15-7-12-5-13(3,9-15)8-14(4,6-12)10-15;1-11(2)15-8-12(3)6-14(5,10-15)7-13(4)9-15;2*1-11(2)13-8-14(4)6-12(3)7-15(5,9-13)10-14;1-10(2)14-8-12(3)5-11(14)6-13(4,7-12)9-14;1-10(2)5-6-11-7-8-12-9-13(11)14(12,3)4;1-10(2)11-8-6-4-3-5-7-9-11/h2*11-14H,7-10H2,1-6H3;11-12H,5-10H2,1-4H3;3*11-13H,6-10H2,1-5H3;10-11H,5-9H2,1-4H3;10-13H,5-9H2,1-4H3;10-11H,3-9H2,1-2H3/t;;;;;;;11-,12+,13+;/m.......1./s1. The summed E-state index contributed by atoms with van der Waals surface area (Å²) in [4.78, 5) is 0. The molecule has 0 heterocycles. The lowest BCUT2D eigenvalue weighted by Crippen LogP contribution is -2.56. The zero-order valence-corrected chi connectivity index (χ0v) is 97.6. The van der Waals surface area contributed by atoms with Crippen molar-refractivity contribution in [1.82, 2.24) is 0 Å².